The van der Waals surface area contributed by atoms with Crippen molar-refractivity contribution >= 4 is 44.2 Å². The predicted molar refractivity (Wildman–Crippen MR) is 139 cm³/mol. The van der Waals surface area contributed by atoms with Gasteiger partial charge in [-0.25, -0.2) is 4.98 Å². The molecule has 1 fully saturated rings. The van der Waals surface area contributed by atoms with Crippen LogP contribution in [0, 0.1) is 13.8 Å². The zero-order chi connectivity index (χ0) is 24.3. The maximum Gasteiger partial charge on any atom is 0.272 e. The number of morpholine rings is 1. The number of fused-ring (bicyclic) bond motifs is 1. The monoisotopic (exact) mass is 501 g/mol. The Bertz CT molecular complexity index is 1100. The number of thiazole rings is 1. The third-order valence-electron chi connectivity index (χ3n) is 6.13. The zero-order valence-corrected chi connectivity index (χ0v) is 21.8. The summed E-state index contributed by atoms with van der Waals surface area (Å²) in [7, 11) is 0. The molecular formula is C26H32ClN3O3S. The van der Waals surface area contributed by atoms with Crippen LogP contribution >= 0.6 is 22.9 Å². The highest BCUT2D eigenvalue weighted by Crippen LogP contribution is 2.33. The van der Waals surface area contributed by atoms with Gasteiger partial charge in [-0.15, -0.1) is 0 Å². The number of anilines is 1. The number of rotatable bonds is 8. The minimum atomic E-state index is -1.07. The lowest BCUT2D eigenvalue weighted by molar-refractivity contribution is -0.131. The van der Waals surface area contributed by atoms with Crippen molar-refractivity contribution in [2.24, 2.45) is 0 Å². The van der Waals surface area contributed by atoms with Gasteiger partial charge < -0.3 is 9.47 Å². The zero-order valence-electron chi connectivity index (χ0n) is 20.3. The highest BCUT2D eigenvalue weighted by atomic mass is 35.5. The summed E-state index contributed by atoms with van der Waals surface area (Å²) in [4.78, 5) is 22.9. The molecule has 0 N–H and O–H groups in total. The van der Waals surface area contributed by atoms with E-state index in [1.54, 1.807) is 54.3 Å². The van der Waals surface area contributed by atoms with E-state index in [0.29, 0.717) is 22.4 Å². The molecule has 1 saturated heterocycles. The number of ether oxygens (including phenoxy) is 2. The number of hydrogen-bond donors (Lipinski definition) is 0. The van der Waals surface area contributed by atoms with Gasteiger partial charge in [0.2, 0.25) is 0 Å². The van der Waals surface area contributed by atoms with Crippen LogP contribution < -0.4 is 9.64 Å². The van der Waals surface area contributed by atoms with Gasteiger partial charge in [-0.1, -0.05) is 22.9 Å². The molecule has 3 aromatic rings. The van der Waals surface area contributed by atoms with Crippen molar-refractivity contribution in [1.82, 2.24) is 9.88 Å². The summed E-state index contributed by atoms with van der Waals surface area (Å²) in [6, 6.07) is 11.3. The van der Waals surface area contributed by atoms with Gasteiger partial charge in [0, 0.05) is 31.2 Å². The summed E-state index contributed by atoms with van der Waals surface area (Å²) in [5.74, 6) is 0.489. The van der Waals surface area contributed by atoms with Crippen molar-refractivity contribution in [3.05, 3.63) is 52.5 Å². The molecule has 34 heavy (non-hydrogen) atoms. The summed E-state index contributed by atoms with van der Waals surface area (Å²) >= 11 is 7.56. The summed E-state index contributed by atoms with van der Waals surface area (Å²) in [5, 5.41) is 1.33. The van der Waals surface area contributed by atoms with E-state index in [2.05, 4.69) is 30.9 Å². The van der Waals surface area contributed by atoms with Crippen molar-refractivity contribution < 1.29 is 14.3 Å². The molecule has 1 aliphatic heterocycles. The quantitative estimate of drug-likeness (QED) is 0.409. The average Bonchev–Trinajstić information content (AvgIpc) is 3.21. The number of halogens is 1. The molecule has 0 bridgehead atoms. The number of carbonyl (C=O) groups excluding carboxylic acids is 1. The number of amides is 1. The maximum absolute atomic E-state index is 13.8. The number of nitrogens with zero attached hydrogens (tertiary/aromatic N) is 3. The van der Waals surface area contributed by atoms with Gasteiger partial charge in [0.1, 0.15) is 5.75 Å². The molecule has 1 amide bonds. The lowest BCUT2D eigenvalue weighted by Crippen LogP contribution is -2.50. The van der Waals surface area contributed by atoms with Crippen LogP contribution in [0.15, 0.2) is 36.4 Å². The Morgan fingerprint density at radius 1 is 1.18 bits per heavy atom. The van der Waals surface area contributed by atoms with Gasteiger partial charge in [-0.2, -0.15) is 0 Å². The van der Waals surface area contributed by atoms with E-state index in [4.69, 9.17) is 26.1 Å². The van der Waals surface area contributed by atoms with Crippen LogP contribution in [0.2, 0.25) is 5.02 Å². The number of aromatic nitrogens is 1. The minimum Gasteiger partial charge on any atom is -0.478 e. The van der Waals surface area contributed by atoms with E-state index < -0.39 is 5.60 Å². The van der Waals surface area contributed by atoms with Crippen LogP contribution in [-0.2, 0) is 9.53 Å². The standard InChI is InChI=1S/C26H32ClN3O3S/c1-18-16-22-23(17-19(18)2)34-25(28-22)30(11-5-10-29-12-14-32-15-13-29)24(31)26(3,4)33-21-8-6-20(27)7-9-21/h6-9,16-17H,5,10-15H2,1-4H3. The second-order valence-corrected chi connectivity index (χ2v) is 10.7. The van der Waals surface area contributed by atoms with Crippen LogP contribution in [0.5, 0.6) is 5.75 Å². The second kappa shape index (κ2) is 10.6. The Hall–Kier alpha value is -2.19. The molecule has 0 saturated carbocycles. The third kappa shape index (κ3) is 5.89. The minimum absolute atomic E-state index is 0.114. The Kier molecular flexibility index (Phi) is 7.77. The first kappa shape index (κ1) is 24.9. The fraction of sp³-hybridized carbons (Fsp3) is 0.462. The fourth-order valence-electron chi connectivity index (χ4n) is 4.01. The van der Waals surface area contributed by atoms with Crippen molar-refractivity contribution in [3.8, 4) is 5.75 Å². The van der Waals surface area contributed by atoms with Crippen molar-refractivity contribution in [2.75, 3.05) is 44.3 Å². The Balaban J connectivity index is 1.57. The van der Waals surface area contributed by atoms with Gasteiger partial charge in [0.15, 0.2) is 10.7 Å². The first-order chi connectivity index (χ1) is 16.2. The third-order valence-corrected chi connectivity index (χ3v) is 7.42. The van der Waals surface area contributed by atoms with Gasteiger partial charge in [-0.05, 0) is 81.6 Å². The molecule has 1 aliphatic rings. The molecule has 6 nitrogen and oxygen atoms in total. The van der Waals surface area contributed by atoms with Crippen molar-refractivity contribution in [1.29, 1.82) is 0 Å². The molecular weight excluding hydrogens is 470 g/mol. The molecule has 0 atom stereocenters. The van der Waals surface area contributed by atoms with Gasteiger partial charge in [0.05, 0.1) is 23.4 Å². The number of carbonyl (C=O) groups is 1. The first-order valence-corrected chi connectivity index (χ1v) is 12.9. The first-order valence-electron chi connectivity index (χ1n) is 11.7. The topological polar surface area (TPSA) is 54.9 Å². The lowest BCUT2D eigenvalue weighted by Gasteiger charge is -2.32. The molecule has 1 aromatic heterocycles. The van der Waals surface area contributed by atoms with Crippen LogP contribution in [0.3, 0.4) is 0 Å². The lowest BCUT2D eigenvalue weighted by atomic mass is 10.1. The highest BCUT2D eigenvalue weighted by molar-refractivity contribution is 7.22. The summed E-state index contributed by atoms with van der Waals surface area (Å²) < 4.78 is 12.7. The number of hydrogen-bond acceptors (Lipinski definition) is 6. The summed E-state index contributed by atoms with van der Waals surface area (Å²) in [6.45, 7) is 12.7. The normalized spacial score (nSPS) is 15.0. The molecule has 4 rings (SSSR count). The van der Waals surface area contributed by atoms with Gasteiger partial charge >= 0.3 is 0 Å². The van der Waals surface area contributed by atoms with E-state index in [9.17, 15) is 4.79 Å². The molecule has 2 aromatic carbocycles. The Morgan fingerprint density at radius 3 is 2.56 bits per heavy atom. The smallest absolute Gasteiger partial charge is 0.272 e. The predicted octanol–water partition coefficient (Wildman–Crippen LogP) is 5.48. The Morgan fingerprint density at radius 2 is 1.85 bits per heavy atom. The average molecular weight is 502 g/mol. The maximum atomic E-state index is 13.8. The van der Waals surface area contributed by atoms with Crippen molar-refractivity contribution in [2.45, 2.75) is 39.7 Å². The van der Waals surface area contributed by atoms with Crippen LogP contribution in [-0.4, -0.2) is 60.8 Å². The highest BCUT2D eigenvalue weighted by Gasteiger charge is 2.36. The number of aryl methyl sites for hydroxylation is 2. The van der Waals surface area contributed by atoms with E-state index >= 15 is 0 Å². The molecule has 0 unspecified atom stereocenters. The van der Waals surface area contributed by atoms with Crippen LogP contribution in [0.4, 0.5) is 5.13 Å². The molecule has 2 heterocycles. The Labute approximate surface area is 210 Å². The summed E-state index contributed by atoms with van der Waals surface area (Å²) in [6.07, 6.45) is 0.844. The molecule has 182 valence electrons. The van der Waals surface area contributed by atoms with E-state index in [1.807, 2.05) is 0 Å². The van der Waals surface area contributed by atoms with Crippen LogP contribution in [0.25, 0.3) is 10.2 Å². The summed E-state index contributed by atoms with van der Waals surface area (Å²) in [5.41, 5.74) is 2.27. The van der Waals surface area contributed by atoms with Crippen molar-refractivity contribution in [3.63, 3.8) is 0 Å². The van der Waals surface area contributed by atoms with E-state index in [-0.39, 0.29) is 5.91 Å². The fourth-order valence-corrected chi connectivity index (χ4v) is 5.21. The van der Waals surface area contributed by atoms with Gasteiger partial charge in [-0.3, -0.25) is 14.6 Å². The molecule has 0 aliphatic carbocycles. The molecule has 0 spiro atoms. The van der Waals surface area contributed by atoms with E-state index in [0.717, 1.165) is 49.5 Å². The van der Waals surface area contributed by atoms with Gasteiger partial charge in [0.25, 0.3) is 5.91 Å². The largest absolute Gasteiger partial charge is 0.478 e. The second-order valence-electron chi connectivity index (χ2n) is 9.23. The molecule has 8 heteroatoms. The SMILES string of the molecule is Cc1cc2nc(N(CCCN3CCOCC3)C(=O)C(C)(C)Oc3ccc(Cl)cc3)sc2cc1C. The van der Waals surface area contributed by atoms with Crippen LogP contribution in [0.1, 0.15) is 31.4 Å². The molecule has 0 radical (unpaired) electrons. The number of benzene rings is 2. The van der Waals surface area contributed by atoms with E-state index in [1.165, 1.54) is 11.1 Å².